The molecule has 0 fully saturated rings. The zero-order chi connectivity index (χ0) is 16.8. The highest BCUT2D eigenvalue weighted by Gasteiger charge is 2.10. The van der Waals surface area contributed by atoms with Crippen molar-refractivity contribution in [2.45, 2.75) is 26.2 Å². The fourth-order valence-electron chi connectivity index (χ4n) is 2.45. The van der Waals surface area contributed by atoms with E-state index in [2.05, 4.69) is 27.8 Å². The van der Waals surface area contributed by atoms with Crippen molar-refractivity contribution in [1.82, 2.24) is 20.2 Å². The number of nitrogens with one attached hydrogen (secondary N) is 1. The van der Waals surface area contributed by atoms with Gasteiger partial charge in [-0.2, -0.15) is 4.68 Å². The van der Waals surface area contributed by atoms with Gasteiger partial charge in [-0.05, 0) is 53.1 Å². The summed E-state index contributed by atoms with van der Waals surface area (Å²) >= 11 is 0. The predicted molar refractivity (Wildman–Crippen MR) is 92.2 cm³/mol. The molecular weight excluding hydrogens is 302 g/mol. The smallest absolute Gasteiger partial charge is 0.255 e. The van der Waals surface area contributed by atoms with Crippen LogP contribution >= 0.6 is 0 Å². The Morgan fingerprint density at radius 1 is 1.12 bits per heavy atom. The maximum Gasteiger partial charge on any atom is 0.255 e. The number of nitrogens with zero attached hydrogens (tertiary/aromatic N) is 4. The number of hydrogen-bond donors (Lipinski definition) is 1. The van der Waals surface area contributed by atoms with Crippen molar-refractivity contribution in [2.75, 3.05) is 5.32 Å². The number of benzene rings is 2. The molecule has 0 atom stereocenters. The molecule has 0 unspecified atom stereocenters. The molecule has 2 aromatic carbocycles. The Morgan fingerprint density at radius 3 is 2.62 bits per heavy atom. The first kappa shape index (κ1) is 15.9. The van der Waals surface area contributed by atoms with E-state index in [9.17, 15) is 4.79 Å². The van der Waals surface area contributed by atoms with Gasteiger partial charge in [0.15, 0.2) is 0 Å². The normalized spacial score (nSPS) is 10.5. The second kappa shape index (κ2) is 7.50. The summed E-state index contributed by atoms with van der Waals surface area (Å²) in [6.07, 6.45) is 4.86. The molecule has 0 aliphatic heterocycles. The van der Waals surface area contributed by atoms with Crippen LogP contribution in [0.5, 0.6) is 0 Å². The topological polar surface area (TPSA) is 72.7 Å². The molecule has 0 aliphatic rings. The Kier molecular flexibility index (Phi) is 4.96. The van der Waals surface area contributed by atoms with Crippen molar-refractivity contribution in [2.24, 2.45) is 0 Å². The van der Waals surface area contributed by atoms with Crippen LogP contribution in [-0.4, -0.2) is 26.1 Å². The van der Waals surface area contributed by atoms with Crippen molar-refractivity contribution >= 4 is 11.6 Å². The van der Waals surface area contributed by atoms with E-state index in [0.29, 0.717) is 11.3 Å². The molecule has 0 bridgehead atoms. The van der Waals surface area contributed by atoms with E-state index in [1.807, 2.05) is 48.5 Å². The number of carbonyl (C=O) groups excluding carboxylic acids is 1. The lowest BCUT2D eigenvalue weighted by Crippen LogP contribution is -2.14. The molecule has 3 rings (SSSR count). The number of amides is 1. The number of rotatable bonds is 6. The number of carbonyl (C=O) groups is 1. The number of anilines is 1. The van der Waals surface area contributed by atoms with E-state index < -0.39 is 0 Å². The van der Waals surface area contributed by atoms with Crippen LogP contribution in [0.2, 0.25) is 0 Å². The molecule has 0 saturated carbocycles. The third kappa shape index (κ3) is 3.65. The molecule has 6 heteroatoms. The van der Waals surface area contributed by atoms with E-state index in [1.54, 1.807) is 0 Å². The molecule has 122 valence electrons. The molecule has 0 spiro atoms. The fraction of sp³-hybridized carbons (Fsp3) is 0.222. The number of aryl methyl sites for hydroxylation is 1. The average Bonchev–Trinajstić information content (AvgIpc) is 3.15. The van der Waals surface area contributed by atoms with Crippen LogP contribution in [0, 0.1) is 0 Å². The number of para-hydroxylation sites is 2. The van der Waals surface area contributed by atoms with Gasteiger partial charge in [-0.15, -0.1) is 5.10 Å². The predicted octanol–water partition coefficient (Wildman–Crippen LogP) is 3.26. The Hall–Kier alpha value is -3.02. The van der Waals surface area contributed by atoms with Gasteiger partial charge >= 0.3 is 0 Å². The van der Waals surface area contributed by atoms with E-state index in [4.69, 9.17) is 0 Å². The molecule has 0 aliphatic carbocycles. The number of unbranched alkanes of at least 4 members (excludes halogenated alkanes) is 1. The van der Waals surface area contributed by atoms with Gasteiger partial charge in [0, 0.05) is 5.56 Å². The van der Waals surface area contributed by atoms with Gasteiger partial charge in [0.2, 0.25) is 0 Å². The molecule has 3 aromatic rings. The minimum atomic E-state index is -0.155. The Bertz CT molecular complexity index is 797. The van der Waals surface area contributed by atoms with E-state index in [-0.39, 0.29) is 5.91 Å². The second-order valence-corrected chi connectivity index (χ2v) is 5.53. The van der Waals surface area contributed by atoms with Gasteiger partial charge in [-0.3, -0.25) is 4.79 Å². The number of tetrazole rings is 1. The van der Waals surface area contributed by atoms with Crippen molar-refractivity contribution in [3.05, 3.63) is 66.0 Å². The largest absolute Gasteiger partial charge is 0.320 e. The van der Waals surface area contributed by atoms with Crippen LogP contribution in [0.3, 0.4) is 0 Å². The SMILES string of the molecule is CCCCc1ccc(C(=O)Nc2ccccc2-n2cnnn2)cc1. The lowest BCUT2D eigenvalue weighted by Gasteiger charge is -2.10. The van der Waals surface area contributed by atoms with Crippen LogP contribution in [0.1, 0.15) is 35.7 Å². The van der Waals surface area contributed by atoms with Gasteiger partial charge in [0.1, 0.15) is 6.33 Å². The van der Waals surface area contributed by atoms with Gasteiger partial charge in [-0.25, -0.2) is 0 Å². The zero-order valence-corrected chi connectivity index (χ0v) is 13.5. The van der Waals surface area contributed by atoms with Crippen LogP contribution in [0.25, 0.3) is 5.69 Å². The Balaban J connectivity index is 1.76. The van der Waals surface area contributed by atoms with Crippen molar-refractivity contribution in [1.29, 1.82) is 0 Å². The highest BCUT2D eigenvalue weighted by atomic mass is 16.1. The molecule has 1 N–H and O–H groups in total. The molecular formula is C18H19N5O. The third-order valence-electron chi connectivity index (χ3n) is 3.78. The van der Waals surface area contributed by atoms with E-state index in [1.165, 1.54) is 16.6 Å². The zero-order valence-electron chi connectivity index (χ0n) is 13.5. The summed E-state index contributed by atoms with van der Waals surface area (Å²) in [5.41, 5.74) is 3.25. The standard InChI is InChI=1S/C18H19N5O/c1-2-3-6-14-9-11-15(12-10-14)18(24)20-16-7-4-5-8-17(16)23-13-19-21-22-23/h4-5,7-13H,2-3,6H2,1H3,(H,20,24). The Labute approximate surface area is 140 Å². The molecule has 0 saturated heterocycles. The first-order valence-corrected chi connectivity index (χ1v) is 8.00. The second-order valence-electron chi connectivity index (χ2n) is 5.53. The quantitative estimate of drug-likeness (QED) is 0.756. The fourth-order valence-corrected chi connectivity index (χ4v) is 2.45. The van der Waals surface area contributed by atoms with Crippen molar-refractivity contribution in [3.63, 3.8) is 0 Å². The van der Waals surface area contributed by atoms with Crippen LogP contribution < -0.4 is 5.32 Å². The average molecular weight is 321 g/mol. The summed E-state index contributed by atoms with van der Waals surface area (Å²) in [5.74, 6) is -0.155. The van der Waals surface area contributed by atoms with Crippen LogP contribution in [0.15, 0.2) is 54.9 Å². The van der Waals surface area contributed by atoms with Crippen LogP contribution in [0.4, 0.5) is 5.69 Å². The van der Waals surface area contributed by atoms with Gasteiger partial charge < -0.3 is 5.32 Å². The van der Waals surface area contributed by atoms with Gasteiger partial charge in [0.25, 0.3) is 5.91 Å². The number of hydrogen-bond acceptors (Lipinski definition) is 4. The summed E-state index contributed by atoms with van der Waals surface area (Å²) in [6, 6.07) is 15.1. The van der Waals surface area contributed by atoms with Crippen LogP contribution in [-0.2, 0) is 6.42 Å². The molecule has 1 aromatic heterocycles. The van der Waals surface area contributed by atoms with Crippen molar-refractivity contribution in [3.8, 4) is 5.69 Å². The Morgan fingerprint density at radius 2 is 1.92 bits per heavy atom. The van der Waals surface area contributed by atoms with Crippen molar-refractivity contribution < 1.29 is 4.79 Å². The summed E-state index contributed by atoms with van der Waals surface area (Å²) in [5, 5.41) is 14.1. The van der Waals surface area contributed by atoms with E-state index in [0.717, 1.165) is 24.9 Å². The molecule has 6 nitrogen and oxygen atoms in total. The lowest BCUT2D eigenvalue weighted by atomic mass is 10.1. The summed E-state index contributed by atoms with van der Waals surface area (Å²) < 4.78 is 1.52. The summed E-state index contributed by atoms with van der Waals surface area (Å²) in [7, 11) is 0. The maximum atomic E-state index is 12.5. The van der Waals surface area contributed by atoms with Gasteiger partial charge in [0.05, 0.1) is 11.4 Å². The first-order valence-electron chi connectivity index (χ1n) is 8.00. The minimum absolute atomic E-state index is 0.155. The lowest BCUT2D eigenvalue weighted by molar-refractivity contribution is 0.102. The summed E-state index contributed by atoms with van der Waals surface area (Å²) in [4.78, 5) is 12.5. The maximum absolute atomic E-state index is 12.5. The molecule has 24 heavy (non-hydrogen) atoms. The molecule has 1 amide bonds. The minimum Gasteiger partial charge on any atom is -0.320 e. The number of aromatic nitrogens is 4. The highest BCUT2D eigenvalue weighted by Crippen LogP contribution is 2.19. The van der Waals surface area contributed by atoms with Gasteiger partial charge in [-0.1, -0.05) is 37.6 Å². The first-order chi connectivity index (χ1) is 11.8. The van der Waals surface area contributed by atoms with E-state index >= 15 is 0 Å². The molecule has 1 heterocycles. The highest BCUT2D eigenvalue weighted by molar-refractivity contribution is 6.05. The molecule has 0 radical (unpaired) electrons. The summed E-state index contributed by atoms with van der Waals surface area (Å²) in [6.45, 7) is 2.17. The third-order valence-corrected chi connectivity index (χ3v) is 3.78. The monoisotopic (exact) mass is 321 g/mol.